The number of rotatable bonds is 3. The van der Waals surface area contributed by atoms with Gasteiger partial charge in [0.1, 0.15) is 0 Å². The van der Waals surface area contributed by atoms with E-state index in [9.17, 15) is 0 Å². The van der Waals surface area contributed by atoms with E-state index >= 15 is 0 Å². The van der Waals surface area contributed by atoms with E-state index in [-0.39, 0.29) is 0 Å². The van der Waals surface area contributed by atoms with E-state index in [4.69, 9.17) is 11.1 Å². The molecular weight excluding hydrogens is 208 g/mol. The fourth-order valence-corrected chi connectivity index (χ4v) is 1.70. The van der Waals surface area contributed by atoms with Gasteiger partial charge in [-0.05, 0) is 5.56 Å². The molecule has 2 aromatic rings. The molecule has 0 spiro atoms. The molecule has 2 nitrogen and oxygen atoms in total. The molecule has 2 rings (SSSR count). The van der Waals surface area contributed by atoms with Gasteiger partial charge in [-0.3, -0.25) is 5.41 Å². The van der Waals surface area contributed by atoms with Crippen LogP contribution in [0.4, 0.5) is 0 Å². The molecular formula is C15H14N2. The van der Waals surface area contributed by atoms with Crippen molar-refractivity contribution in [1.82, 2.24) is 0 Å². The van der Waals surface area contributed by atoms with Gasteiger partial charge in [0.2, 0.25) is 0 Å². The van der Waals surface area contributed by atoms with Crippen LogP contribution in [-0.2, 0) is 0 Å². The van der Waals surface area contributed by atoms with Crippen molar-refractivity contribution in [2.24, 2.45) is 5.73 Å². The number of hydrogen-bond donors (Lipinski definition) is 2. The molecule has 3 N–H and O–H groups in total. The number of benzene rings is 2. The Hall–Kier alpha value is -2.35. The molecule has 0 atom stereocenters. The molecule has 0 saturated heterocycles. The second-order valence-electron chi connectivity index (χ2n) is 3.69. The van der Waals surface area contributed by atoms with Gasteiger partial charge in [-0.15, -0.1) is 0 Å². The highest BCUT2D eigenvalue weighted by molar-refractivity contribution is 6.30. The van der Waals surface area contributed by atoms with Crippen LogP contribution in [-0.4, -0.2) is 5.71 Å². The third kappa shape index (κ3) is 2.42. The van der Waals surface area contributed by atoms with Gasteiger partial charge < -0.3 is 5.73 Å². The number of hydrogen-bond acceptors (Lipinski definition) is 2. The second kappa shape index (κ2) is 5.12. The molecule has 0 bridgehead atoms. The lowest BCUT2D eigenvalue weighted by atomic mass is 9.97. The first kappa shape index (κ1) is 11.1. The highest BCUT2D eigenvalue weighted by Gasteiger charge is 2.08. The highest BCUT2D eigenvalue weighted by Crippen LogP contribution is 2.18. The molecule has 0 fully saturated rings. The maximum atomic E-state index is 8.18. The molecule has 0 aliphatic heterocycles. The van der Waals surface area contributed by atoms with Crippen molar-refractivity contribution in [3.05, 3.63) is 78.0 Å². The van der Waals surface area contributed by atoms with Crippen LogP contribution in [0.5, 0.6) is 0 Å². The van der Waals surface area contributed by atoms with E-state index in [2.05, 4.69) is 0 Å². The van der Waals surface area contributed by atoms with Crippen molar-refractivity contribution in [3.8, 4) is 0 Å². The van der Waals surface area contributed by atoms with E-state index in [1.54, 1.807) is 0 Å². The summed E-state index contributed by atoms with van der Waals surface area (Å²) in [5.74, 6) is 0. The average Bonchev–Trinajstić information content (AvgIpc) is 2.42. The quantitative estimate of drug-likeness (QED) is 0.770. The zero-order valence-corrected chi connectivity index (χ0v) is 9.43. The van der Waals surface area contributed by atoms with Crippen LogP contribution in [0.2, 0.25) is 0 Å². The Balaban J connectivity index is 2.37. The van der Waals surface area contributed by atoms with Gasteiger partial charge in [0.25, 0.3) is 0 Å². The molecule has 0 aliphatic carbocycles. The van der Waals surface area contributed by atoms with Crippen LogP contribution in [0.25, 0.3) is 5.57 Å². The summed E-state index contributed by atoms with van der Waals surface area (Å²) in [4.78, 5) is 0. The Kier molecular flexibility index (Phi) is 3.36. The number of nitrogens with one attached hydrogen (secondary N) is 1. The predicted octanol–water partition coefficient (Wildman–Crippen LogP) is 3.05. The number of allylic oxidation sites excluding steroid dienone is 1. The van der Waals surface area contributed by atoms with E-state index < -0.39 is 0 Å². The van der Waals surface area contributed by atoms with Gasteiger partial charge in [-0.25, -0.2) is 0 Å². The van der Waals surface area contributed by atoms with E-state index in [1.165, 1.54) is 6.20 Å². The molecule has 84 valence electrons. The molecule has 17 heavy (non-hydrogen) atoms. The van der Waals surface area contributed by atoms with E-state index in [1.807, 2.05) is 60.7 Å². The maximum Gasteiger partial charge on any atom is 0.0705 e. The molecule has 2 aromatic carbocycles. The first-order valence-corrected chi connectivity index (χ1v) is 5.44. The van der Waals surface area contributed by atoms with Gasteiger partial charge >= 0.3 is 0 Å². The van der Waals surface area contributed by atoms with Gasteiger partial charge in [-0.2, -0.15) is 0 Å². The highest BCUT2D eigenvalue weighted by atomic mass is 14.5. The summed E-state index contributed by atoms with van der Waals surface area (Å²) < 4.78 is 0. The molecule has 0 radical (unpaired) electrons. The SMILES string of the molecule is N=C(/C(=C\N)c1ccccc1)c1ccccc1. The third-order valence-corrected chi connectivity index (χ3v) is 2.58. The molecule has 2 heteroatoms. The summed E-state index contributed by atoms with van der Waals surface area (Å²) in [6, 6.07) is 19.3. The fraction of sp³-hybridized carbons (Fsp3) is 0. The topological polar surface area (TPSA) is 49.9 Å². The van der Waals surface area contributed by atoms with E-state index in [0.29, 0.717) is 5.71 Å². The van der Waals surface area contributed by atoms with Crippen LogP contribution in [0.1, 0.15) is 11.1 Å². The normalized spacial score (nSPS) is 11.2. The van der Waals surface area contributed by atoms with Crippen molar-refractivity contribution in [3.63, 3.8) is 0 Å². The van der Waals surface area contributed by atoms with Crippen LogP contribution >= 0.6 is 0 Å². The average molecular weight is 222 g/mol. The minimum absolute atomic E-state index is 0.444. The van der Waals surface area contributed by atoms with E-state index in [0.717, 1.165) is 16.7 Å². The van der Waals surface area contributed by atoms with Crippen LogP contribution in [0.15, 0.2) is 66.9 Å². The smallest absolute Gasteiger partial charge is 0.0705 e. The molecule has 0 saturated carbocycles. The predicted molar refractivity (Wildman–Crippen MR) is 71.9 cm³/mol. The summed E-state index contributed by atoms with van der Waals surface area (Å²) in [6.07, 6.45) is 1.49. The van der Waals surface area contributed by atoms with Gasteiger partial charge in [0, 0.05) is 17.3 Å². The molecule has 0 aliphatic rings. The lowest BCUT2D eigenvalue weighted by Crippen LogP contribution is -2.04. The Morgan fingerprint density at radius 1 is 0.824 bits per heavy atom. The van der Waals surface area contributed by atoms with Crippen molar-refractivity contribution < 1.29 is 0 Å². The molecule has 0 aromatic heterocycles. The fourth-order valence-electron chi connectivity index (χ4n) is 1.70. The third-order valence-electron chi connectivity index (χ3n) is 2.58. The Morgan fingerprint density at radius 3 is 1.76 bits per heavy atom. The monoisotopic (exact) mass is 222 g/mol. The van der Waals surface area contributed by atoms with Crippen LogP contribution < -0.4 is 5.73 Å². The minimum atomic E-state index is 0.444. The summed E-state index contributed by atoms with van der Waals surface area (Å²) in [6.45, 7) is 0. The molecule has 0 heterocycles. The van der Waals surface area contributed by atoms with Crippen LogP contribution in [0.3, 0.4) is 0 Å². The maximum absolute atomic E-state index is 8.18. The molecule has 0 unspecified atom stereocenters. The summed E-state index contributed by atoms with van der Waals surface area (Å²) in [5, 5.41) is 8.18. The second-order valence-corrected chi connectivity index (χ2v) is 3.69. The first-order chi connectivity index (χ1) is 8.33. The first-order valence-electron chi connectivity index (χ1n) is 5.44. The Morgan fingerprint density at radius 2 is 1.29 bits per heavy atom. The van der Waals surface area contributed by atoms with Gasteiger partial charge in [0.15, 0.2) is 0 Å². The summed E-state index contributed by atoms with van der Waals surface area (Å²) in [5.41, 5.74) is 8.66. The largest absolute Gasteiger partial charge is 0.404 e. The lowest BCUT2D eigenvalue weighted by Gasteiger charge is -2.08. The standard InChI is InChI=1S/C15H14N2/c16-11-14(12-7-3-1-4-8-12)15(17)13-9-5-2-6-10-13/h1-11,17H,16H2/b14-11-,17-15?. The summed E-state index contributed by atoms with van der Waals surface area (Å²) >= 11 is 0. The van der Waals surface area contributed by atoms with Crippen molar-refractivity contribution in [2.45, 2.75) is 0 Å². The van der Waals surface area contributed by atoms with Crippen molar-refractivity contribution in [2.75, 3.05) is 0 Å². The van der Waals surface area contributed by atoms with Crippen molar-refractivity contribution in [1.29, 1.82) is 5.41 Å². The van der Waals surface area contributed by atoms with Crippen molar-refractivity contribution >= 4 is 11.3 Å². The van der Waals surface area contributed by atoms with Crippen LogP contribution in [0, 0.1) is 5.41 Å². The Bertz CT molecular complexity index is 527. The summed E-state index contributed by atoms with van der Waals surface area (Å²) in [7, 11) is 0. The van der Waals surface area contributed by atoms with Gasteiger partial charge in [-0.1, -0.05) is 60.7 Å². The molecule has 0 amide bonds. The Labute approximate surface area is 101 Å². The lowest BCUT2D eigenvalue weighted by molar-refractivity contribution is 1.47. The number of nitrogens with two attached hydrogens (primary N) is 1. The minimum Gasteiger partial charge on any atom is -0.404 e. The zero-order chi connectivity index (χ0) is 12.1. The zero-order valence-electron chi connectivity index (χ0n) is 9.43. The van der Waals surface area contributed by atoms with Gasteiger partial charge in [0.05, 0.1) is 5.71 Å².